The van der Waals surface area contributed by atoms with Gasteiger partial charge in [0.2, 0.25) is 0 Å². The number of benzene rings is 1. The zero-order valence-electron chi connectivity index (χ0n) is 13.3. The molecule has 2 aromatic rings. The smallest absolute Gasteiger partial charge is 0.193 e. The summed E-state index contributed by atoms with van der Waals surface area (Å²) >= 11 is 0. The number of nitrogens with zero attached hydrogens (tertiary/aromatic N) is 3. The molecule has 0 aliphatic rings. The van der Waals surface area contributed by atoms with Crippen molar-refractivity contribution in [1.29, 1.82) is 0 Å². The third kappa shape index (κ3) is 5.67. The summed E-state index contributed by atoms with van der Waals surface area (Å²) in [4.78, 5) is 4.35. The molecule has 5 nitrogen and oxygen atoms in total. The lowest BCUT2D eigenvalue weighted by atomic mass is 10.1. The number of hydrogen-bond donors (Lipinski definition) is 2. The van der Waals surface area contributed by atoms with E-state index < -0.39 is 0 Å². The Hall–Kier alpha value is -1.57. The Labute approximate surface area is 149 Å². The Morgan fingerprint density at radius 2 is 2.09 bits per heavy atom. The molecule has 0 amide bonds. The van der Waals surface area contributed by atoms with Crippen molar-refractivity contribution in [2.45, 2.75) is 26.7 Å². The van der Waals surface area contributed by atoms with Gasteiger partial charge >= 0.3 is 0 Å². The van der Waals surface area contributed by atoms with Gasteiger partial charge in [0.25, 0.3) is 0 Å². The van der Waals surface area contributed by atoms with Crippen molar-refractivity contribution in [2.75, 3.05) is 11.9 Å². The van der Waals surface area contributed by atoms with Gasteiger partial charge in [0.1, 0.15) is 0 Å². The second kappa shape index (κ2) is 8.77. The van der Waals surface area contributed by atoms with E-state index in [-0.39, 0.29) is 24.0 Å². The highest BCUT2D eigenvalue weighted by molar-refractivity contribution is 14.0. The van der Waals surface area contributed by atoms with Gasteiger partial charge < -0.3 is 11.1 Å². The fourth-order valence-electron chi connectivity index (χ4n) is 2.09. The van der Waals surface area contributed by atoms with Crippen LogP contribution < -0.4 is 11.1 Å². The molecule has 0 atom stereocenters. The molecule has 0 saturated heterocycles. The first-order valence-corrected chi connectivity index (χ1v) is 7.16. The molecule has 1 aromatic carbocycles. The number of nitrogens with two attached hydrogens (primary N) is 1. The summed E-state index contributed by atoms with van der Waals surface area (Å²) in [5.41, 5.74) is 10.6. The van der Waals surface area contributed by atoms with Crippen molar-refractivity contribution in [3.8, 4) is 0 Å². The van der Waals surface area contributed by atoms with Crippen molar-refractivity contribution in [3.63, 3.8) is 0 Å². The summed E-state index contributed by atoms with van der Waals surface area (Å²) in [6.07, 6.45) is 5.84. The van der Waals surface area contributed by atoms with Crippen LogP contribution in [0.4, 0.5) is 5.69 Å². The number of anilines is 1. The monoisotopic (exact) mass is 413 g/mol. The Morgan fingerprint density at radius 1 is 1.32 bits per heavy atom. The van der Waals surface area contributed by atoms with E-state index in [2.05, 4.69) is 41.4 Å². The lowest BCUT2D eigenvalue weighted by Gasteiger charge is -2.08. The van der Waals surface area contributed by atoms with E-state index >= 15 is 0 Å². The third-order valence-electron chi connectivity index (χ3n) is 3.44. The fourth-order valence-corrected chi connectivity index (χ4v) is 2.09. The third-order valence-corrected chi connectivity index (χ3v) is 3.44. The Morgan fingerprint density at radius 3 is 2.73 bits per heavy atom. The molecule has 120 valence electrons. The summed E-state index contributed by atoms with van der Waals surface area (Å²) in [5.74, 6) is 0.462. The lowest BCUT2D eigenvalue weighted by molar-refractivity contribution is 0.765. The van der Waals surface area contributed by atoms with Crippen molar-refractivity contribution in [1.82, 2.24) is 9.78 Å². The standard InChI is InChI=1S/C16H23N5.HI/c1-12-6-7-15(9-13(12)2)20-16(17)18-8-4-5-14-10-19-21(3)11-14;/h6-7,9-11H,4-5,8H2,1-3H3,(H3,17,18,20);1H. The van der Waals surface area contributed by atoms with E-state index in [0.29, 0.717) is 12.5 Å². The van der Waals surface area contributed by atoms with Crippen LogP contribution in [0.2, 0.25) is 0 Å². The number of hydrogen-bond acceptors (Lipinski definition) is 2. The molecule has 0 radical (unpaired) electrons. The summed E-state index contributed by atoms with van der Waals surface area (Å²) in [6, 6.07) is 6.17. The molecule has 0 spiro atoms. The van der Waals surface area contributed by atoms with Crippen LogP contribution in [0.3, 0.4) is 0 Å². The van der Waals surface area contributed by atoms with Gasteiger partial charge in [-0.1, -0.05) is 6.07 Å². The second-order valence-electron chi connectivity index (χ2n) is 5.32. The van der Waals surface area contributed by atoms with E-state index in [1.165, 1.54) is 16.7 Å². The number of halogens is 1. The Balaban J connectivity index is 0.00000242. The highest BCUT2D eigenvalue weighted by Crippen LogP contribution is 2.13. The quantitative estimate of drug-likeness (QED) is 0.343. The van der Waals surface area contributed by atoms with Crippen LogP contribution >= 0.6 is 24.0 Å². The van der Waals surface area contributed by atoms with Gasteiger partial charge in [-0.15, -0.1) is 24.0 Å². The molecule has 1 aromatic heterocycles. The maximum atomic E-state index is 5.90. The van der Waals surface area contributed by atoms with E-state index in [9.17, 15) is 0 Å². The van der Waals surface area contributed by atoms with E-state index in [1.54, 1.807) is 0 Å². The maximum Gasteiger partial charge on any atom is 0.193 e. The van der Waals surface area contributed by atoms with Crippen LogP contribution in [0.5, 0.6) is 0 Å². The number of aliphatic imine (C=N–C) groups is 1. The van der Waals surface area contributed by atoms with Crippen LogP contribution in [0.15, 0.2) is 35.6 Å². The first kappa shape index (κ1) is 18.5. The van der Waals surface area contributed by atoms with Crippen molar-refractivity contribution in [2.24, 2.45) is 17.8 Å². The first-order valence-electron chi connectivity index (χ1n) is 7.16. The summed E-state index contributed by atoms with van der Waals surface area (Å²) < 4.78 is 1.81. The van der Waals surface area contributed by atoms with Gasteiger partial charge in [-0.25, -0.2) is 0 Å². The van der Waals surface area contributed by atoms with E-state index in [0.717, 1.165) is 18.5 Å². The minimum atomic E-state index is 0. The fraction of sp³-hybridized carbons (Fsp3) is 0.375. The Kier molecular flexibility index (Phi) is 7.37. The molecule has 0 bridgehead atoms. The van der Waals surface area contributed by atoms with Crippen molar-refractivity contribution in [3.05, 3.63) is 47.3 Å². The number of aromatic nitrogens is 2. The minimum absolute atomic E-state index is 0. The van der Waals surface area contributed by atoms with Crippen LogP contribution in [-0.2, 0) is 13.5 Å². The van der Waals surface area contributed by atoms with Crippen LogP contribution in [0, 0.1) is 13.8 Å². The van der Waals surface area contributed by atoms with Crippen LogP contribution in [-0.4, -0.2) is 22.3 Å². The van der Waals surface area contributed by atoms with Crippen LogP contribution in [0.25, 0.3) is 0 Å². The zero-order valence-corrected chi connectivity index (χ0v) is 15.7. The van der Waals surface area contributed by atoms with Crippen molar-refractivity contribution < 1.29 is 0 Å². The topological polar surface area (TPSA) is 68.2 Å². The summed E-state index contributed by atoms with van der Waals surface area (Å²) in [5, 5.41) is 7.27. The Bertz CT molecular complexity index is 633. The van der Waals surface area contributed by atoms with Gasteiger partial charge in [0, 0.05) is 25.5 Å². The van der Waals surface area contributed by atoms with Gasteiger partial charge in [-0.2, -0.15) is 5.10 Å². The lowest BCUT2D eigenvalue weighted by Crippen LogP contribution is -2.23. The minimum Gasteiger partial charge on any atom is -0.370 e. The molecule has 0 fully saturated rings. The summed E-state index contributed by atoms with van der Waals surface area (Å²) in [6.45, 7) is 4.88. The van der Waals surface area contributed by atoms with Gasteiger partial charge in [0.15, 0.2) is 5.96 Å². The molecule has 2 rings (SSSR count). The SMILES string of the molecule is Cc1ccc(NC(N)=NCCCc2cnn(C)c2)cc1C.I. The second-order valence-corrected chi connectivity index (χ2v) is 5.32. The normalized spacial score (nSPS) is 11.1. The molecule has 6 heteroatoms. The molecule has 22 heavy (non-hydrogen) atoms. The zero-order chi connectivity index (χ0) is 15.2. The first-order chi connectivity index (χ1) is 10.0. The van der Waals surface area contributed by atoms with Gasteiger partial charge in [-0.3, -0.25) is 9.67 Å². The average Bonchev–Trinajstić information content (AvgIpc) is 2.85. The predicted molar refractivity (Wildman–Crippen MR) is 103 cm³/mol. The average molecular weight is 413 g/mol. The number of nitrogens with one attached hydrogen (secondary N) is 1. The molecule has 0 aliphatic carbocycles. The number of guanidine groups is 1. The van der Waals surface area contributed by atoms with E-state index in [4.69, 9.17) is 5.73 Å². The number of rotatable bonds is 5. The van der Waals surface area contributed by atoms with Gasteiger partial charge in [-0.05, 0) is 55.5 Å². The van der Waals surface area contributed by atoms with Gasteiger partial charge in [0.05, 0.1) is 6.20 Å². The number of aryl methyl sites for hydroxylation is 4. The molecule has 0 aliphatic heterocycles. The van der Waals surface area contributed by atoms with Crippen LogP contribution in [0.1, 0.15) is 23.1 Å². The molecular weight excluding hydrogens is 389 g/mol. The largest absolute Gasteiger partial charge is 0.370 e. The molecule has 1 heterocycles. The molecule has 0 unspecified atom stereocenters. The van der Waals surface area contributed by atoms with E-state index in [1.807, 2.05) is 30.2 Å². The highest BCUT2D eigenvalue weighted by Gasteiger charge is 1.99. The highest BCUT2D eigenvalue weighted by atomic mass is 127. The molecular formula is C16H24IN5. The molecule has 3 N–H and O–H groups in total. The summed E-state index contributed by atoms with van der Waals surface area (Å²) in [7, 11) is 1.92. The predicted octanol–water partition coefficient (Wildman–Crippen LogP) is 3.01. The van der Waals surface area contributed by atoms with Crippen molar-refractivity contribution >= 4 is 35.6 Å². The molecule has 0 saturated carbocycles. The maximum absolute atomic E-state index is 5.90.